The third kappa shape index (κ3) is 2.94. The van der Waals surface area contributed by atoms with Crippen LogP contribution in [0.4, 0.5) is 4.39 Å². The van der Waals surface area contributed by atoms with Crippen LogP contribution < -0.4 is 0 Å². The molecular weight excluding hydrogens is 339 g/mol. The number of likely N-dealkylation sites (N-methyl/N-ethyl adjacent to an activating group) is 1. The van der Waals surface area contributed by atoms with E-state index in [0.717, 1.165) is 5.56 Å². The molecule has 1 aromatic heterocycles. The molecule has 8 heteroatoms. The molecular formula is C18H17FN4O3. The number of rotatable bonds is 3. The number of aromatic nitrogens is 2. The molecule has 1 aromatic carbocycles. The molecule has 1 amide bonds. The van der Waals surface area contributed by atoms with Gasteiger partial charge in [-0.15, -0.1) is 10.2 Å². The number of amides is 1. The van der Waals surface area contributed by atoms with Gasteiger partial charge in [0.2, 0.25) is 11.8 Å². The molecule has 26 heavy (non-hydrogen) atoms. The first-order valence-corrected chi connectivity index (χ1v) is 8.23. The molecule has 2 aliphatic heterocycles. The van der Waals surface area contributed by atoms with E-state index >= 15 is 0 Å². The van der Waals surface area contributed by atoms with Crippen LogP contribution in [0.3, 0.4) is 0 Å². The van der Waals surface area contributed by atoms with Crippen LogP contribution in [0, 0.1) is 5.82 Å². The number of halogens is 1. The first-order valence-electron chi connectivity index (χ1n) is 8.23. The Bertz CT molecular complexity index is 917. The molecule has 1 N–H and O–H groups in total. The van der Waals surface area contributed by atoms with Crippen molar-refractivity contribution >= 4 is 11.5 Å². The molecule has 2 aliphatic rings. The third-order valence-electron chi connectivity index (χ3n) is 4.47. The lowest BCUT2D eigenvalue weighted by atomic mass is 10.0. The van der Waals surface area contributed by atoms with Gasteiger partial charge in [0.15, 0.2) is 0 Å². The molecule has 134 valence electrons. The highest BCUT2D eigenvalue weighted by atomic mass is 19.1. The minimum atomic E-state index is -0.299. The highest BCUT2D eigenvalue weighted by Crippen LogP contribution is 2.32. The first-order chi connectivity index (χ1) is 12.5. The average Bonchev–Trinajstić information content (AvgIpc) is 3.08. The zero-order chi connectivity index (χ0) is 18.3. The lowest BCUT2D eigenvalue weighted by Gasteiger charge is -2.36. The highest BCUT2D eigenvalue weighted by Gasteiger charge is 2.33. The summed E-state index contributed by atoms with van der Waals surface area (Å²) in [6.07, 6.45) is 2.32. The molecule has 0 spiro atoms. The van der Waals surface area contributed by atoms with Crippen molar-refractivity contribution in [3.63, 3.8) is 0 Å². The smallest absolute Gasteiger partial charge is 0.273 e. The Hall–Kier alpha value is -3.16. The SMILES string of the molecule is CN1CCN2C=C(c3nnc(Cc4ccc(F)cc4)o3)CC(O)=C2C1=O. The topological polar surface area (TPSA) is 82.7 Å². The summed E-state index contributed by atoms with van der Waals surface area (Å²) in [6.45, 7) is 1.15. The summed E-state index contributed by atoms with van der Waals surface area (Å²) < 4.78 is 18.7. The molecule has 0 saturated carbocycles. The fraction of sp³-hybridized carbons (Fsp3) is 0.278. The van der Waals surface area contributed by atoms with Crippen LogP contribution in [-0.2, 0) is 11.2 Å². The Morgan fingerprint density at radius 1 is 1.23 bits per heavy atom. The summed E-state index contributed by atoms with van der Waals surface area (Å²) in [5.41, 5.74) is 1.81. The number of hydrogen-bond donors (Lipinski definition) is 1. The summed E-state index contributed by atoms with van der Waals surface area (Å²) in [5, 5.41) is 18.4. The number of nitrogens with zero attached hydrogens (tertiary/aromatic N) is 4. The lowest BCUT2D eigenvalue weighted by Crippen LogP contribution is -2.46. The minimum Gasteiger partial charge on any atom is -0.510 e. The number of aliphatic hydroxyl groups excluding tert-OH is 1. The summed E-state index contributed by atoms with van der Waals surface area (Å²) in [7, 11) is 1.71. The minimum absolute atomic E-state index is 0.00247. The number of carbonyl (C=O) groups is 1. The van der Waals surface area contributed by atoms with Gasteiger partial charge >= 0.3 is 0 Å². The number of allylic oxidation sites excluding steroid dienone is 1. The number of hydrogen-bond acceptors (Lipinski definition) is 6. The van der Waals surface area contributed by atoms with E-state index in [4.69, 9.17) is 4.42 Å². The van der Waals surface area contributed by atoms with Crippen LogP contribution in [-0.4, -0.2) is 51.1 Å². The van der Waals surface area contributed by atoms with E-state index in [1.54, 1.807) is 35.2 Å². The van der Waals surface area contributed by atoms with E-state index in [1.807, 2.05) is 0 Å². The second kappa shape index (κ2) is 6.29. The van der Waals surface area contributed by atoms with E-state index < -0.39 is 0 Å². The molecule has 1 fully saturated rings. The Morgan fingerprint density at radius 2 is 2.00 bits per heavy atom. The lowest BCUT2D eigenvalue weighted by molar-refractivity contribution is -0.129. The number of fused-ring (bicyclic) bond motifs is 1. The third-order valence-corrected chi connectivity index (χ3v) is 4.47. The van der Waals surface area contributed by atoms with Gasteiger partial charge in [0.25, 0.3) is 5.91 Å². The number of aliphatic hydroxyl groups is 1. The maximum atomic E-state index is 13.0. The van der Waals surface area contributed by atoms with Crippen molar-refractivity contribution in [2.75, 3.05) is 20.1 Å². The Morgan fingerprint density at radius 3 is 2.77 bits per heavy atom. The standard InChI is InChI=1S/C18H17FN4O3/c1-22-6-7-23-10-12(9-14(24)16(23)18(22)25)17-21-20-15(26-17)8-11-2-4-13(19)5-3-11/h2-5,10,24H,6-9H2,1H3. The molecule has 0 bridgehead atoms. The van der Waals surface area contributed by atoms with E-state index in [2.05, 4.69) is 10.2 Å². The summed E-state index contributed by atoms with van der Waals surface area (Å²) >= 11 is 0. The normalized spacial score (nSPS) is 17.5. The van der Waals surface area contributed by atoms with Gasteiger partial charge in [-0.05, 0) is 17.7 Å². The number of carbonyl (C=O) groups excluding carboxylic acids is 1. The van der Waals surface area contributed by atoms with Crippen LogP contribution >= 0.6 is 0 Å². The molecule has 4 rings (SSSR count). The largest absolute Gasteiger partial charge is 0.510 e. The van der Waals surface area contributed by atoms with E-state index in [9.17, 15) is 14.3 Å². The summed E-state index contributed by atoms with van der Waals surface area (Å²) in [6, 6.07) is 6.08. The Labute approximate surface area is 149 Å². The highest BCUT2D eigenvalue weighted by molar-refractivity contribution is 5.95. The maximum Gasteiger partial charge on any atom is 0.273 e. The fourth-order valence-corrected chi connectivity index (χ4v) is 3.05. The van der Waals surface area contributed by atoms with Gasteiger partial charge in [0.05, 0.1) is 6.42 Å². The van der Waals surface area contributed by atoms with Crippen LogP contribution in [0.2, 0.25) is 0 Å². The van der Waals surface area contributed by atoms with Crippen LogP contribution in [0.15, 0.2) is 46.3 Å². The Kier molecular flexibility index (Phi) is 3.95. The van der Waals surface area contributed by atoms with Gasteiger partial charge in [0.1, 0.15) is 17.3 Å². The van der Waals surface area contributed by atoms with Gasteiger partial charge in [-0.3, -0.25) is 4.79 Å². The number of benzene rings is 1. The van der Waals surface area contributed by atoms with Gasteiger partial charge in [-0.25, -0.2) is 4.39 Å². The zero-order valence-electron chi connectivity index (χ0n) is 14.1. The van der Waals surface area contributed by atoms with Gasteiger partial charge in [-0.1, -0.05) is 12.1 Å². The van der Waals surface area contributed by atoms with E-state index in [0.29, 0.717) is 42.6 Å². The fourth-order valence-electron chi connectivity index (χ4n) is 3.05. The predicted molar refractivity (Wildman–Crippen MR) is 90.1 cm³/mol. The van der Waals surface area contributed by atoms with E-state index in [1.165, 1.54) is 12.1 Å². The van der Waals surface area contributed by atoms with Gasteiger partial charge in [-0.2, -0.15) is 0 Å². The summed E-state index contributed by atoms with van der Waals surface area (Å²) in [5.74, 6) is 0.200. The second-order valence-electron chi connectivity index (χ2n) is 6.35. The molecule has 0 unspecified atom stereocenters. The monoisotopic (exact) mass is 356 g/mol. The van der Waals surface area contributed by atoms with Crippen molar-refractivity contribution in [1.82, 2.24) is 20.0 Å². The molecule has 7 nitrogen and oxygen atoms in total. The van der Waals surface area contributed by atoms with Crippen molar-refractivity contribution in [2.24, 2.45) is 0 Å². The van der Waals surface area contributed by atoms with Gasteiger partial charge in [0, 0.05) is 38.3 Å². The predicted octanol–water partition coefficient (Wildman–Crippen LogP) is 2.09. The number of piperazine rings is 1. The quantitative estimate of drug-likeness (QED) is 0.907. The van der Waals surface area contributed by atoms with Crippen molar-refractivity contribution in [3.8, 4) is 0 Å². The van der Waals surface area contributed by atoms with Crippen LogP contribution in [0.1, 0.15) is 23.8 Å². The average molecular weight is 356 g/mol. The maximum absolute atomic E-state index is 13.0. The van der Waals surface area contributed by atoms with Crippen LogP contribution in [0.25, 0.3) is 5.57 Å². The van der Waals surface area contributed by atoms with Crippen molar-refractivity contribution in [2.45, 2.75) is 12.8 Å². The van der Waals surface area contributed by atoms with Crippen LogP contribution in [0.5, 0.6) is 0 Å². The molecule has 3 heterocycles. The molecule has 1 saturated heterocycles. The van der Waals surface area contributed by atoms with Gasteiger partial charge < -0.3 is 19.3 Å². The summed E-state index contributed by atoms with van der Waals surface area (Å²) in [4.78, 5) is 15.5. The molecule has 0 atom stereocenters. The molecule has 0 aliphatic carbocycles. The Balaban J connectivity index is 1.54. The molecule has 2 aromatic rings. The molecule has 0 radical (unpaired) electrons. The first kappa shape index (κ1) is 16.3. The second-order valence-corrected chi connectivity index (χ2v) is 6.35. The van der Waals surface area contributed by atoms with Crippen molar-refractivity contribution in [3.05, 3.63) is 65.1 Å². The zero-order valence-corrected chi connectivity index (χ0v) is 14.1. The van der Waals surface area contributed by atoms with Crippen molar-refractivity contribution < 1.29 is 18.7 Å². The van der Waals surface area contributed by atoms with Crippen molar-refractivity contribution in [1.29, 1.82) is 0 Å². The van der Waals surface area contributed by atoms with E-state index in [-0.39, 0.29) is 23.9 Å².